The van der Waals surface area contributed by atoms with E-state index in [2.05, 4.69) is 15.9 Å². The SMILES string of the molecule is CC(C)(C)OC(=O)N1CCn2c(Br)c(-c3cccc(F)c3)c(C(N)=O)c2C1. The fourth-order valence-corrected chi connectivity index (χ4v) is 3.99. The maximum Gasteiger partial charge on any atom is 0.410 e. The van der Waals surface area contributed by atoms with E-state index in [-0.39, 0.29) is 12.1 Å². The van der Waals surface area contributed by atoms with Crippen LogP contribution in [0.3, 0.4) is 0 Å². The predicted octanol–water partition coefficient (Wildman–Crippen LogP) is 3.91. The molecule has 2 aromatic rings. The van der Waals surface area contributed by atoms with Gasteiger partial charge in [0.2, 0.25) is 0 Å². The zero-order chi connectivity index (χ0) is 19.9. The minimum absolute atomic E-state index is 0.182. The number of amides is 2. The van der Waals surface area contributed by atoms with Gasteiger partial charge in [0.05, 0.1) is 22.4 Å². The second kappa shape index (κ2) is 6.99. The molecule has 0 saturated heterocycles. The van der Waals surface area contributed by atoms with Gasteiger partial charge in [-0.05, 0) is 54.4 Å². The molecule has 0 fully saturated rings. The lowest BCUT2D eigenvalue weighted by Gasteiger charge is -2.31. The molecule has 2 N–H and O–H groups in total. The standard InChI is InChI=1S/C19H21BrFN3O3/c1-19(2,3)27-18(26)23-7-8-24-13(10-23)15(17(22)25)14(16(24)20)11-5-4-6-12(21)9-11/h4-6,9H,7-8,10H2,1-3H3,(H2,22,25). The number of primary amides is 1. The van der Waals surface area contributed by atoms with Gasteiger partial charge in [0.25, 0.3) is 5.91 Å². The topological polar surface area (TPSA) is 77.6 Å². The first-order valence-electron chi connectivity index (χ1n) is 8.53. The van der Waals surface area contributed by atoms with Crippen LogP contribution in [0, 0.1) is 5.82 Å². The molecule has 0 unspecified atom stereocenters. The fraction of sp³-hybridized carbons (Fsp3) is 0.368. The van der Waals surface area contributed by atoms with E-state index in [4.69, 9.17) is 10.5 Å². The van der Waals surface area contributed by atoms with Crippen molar-refractivity contribution in [2.24, 2.45) is 5.73 Å². The Balaban J connectivity index is 2.05. The Morgan fingerprint density at radius 1 is 1.26 bits per heavy atom. The van der Waals surface area contributed by atoms with E-state index in [0.29, 0.717) is 34.5 Å². The van der Waals surface area contributed by atoms with Crippen molar-refractivity contribution >= 4 is 27.9 Å². The third-order valence-corrected chi connectivity index (χ3v) is 5.08. The number of nitrogens with two attached hydrogens (primary N) is 1. The fourth-order valence-electron chi connectivity index (χ4n) is 3.17. The third kappa shape index (κ3) is 3.85. The van der Waals surface area contributed by atoms with E-state index < -0.39 is 23.4 Å². The summed E-state index contributed by atoms with van der Waals surface area (Å²) in [7, 11) is 0. The summed E-state index contributed by atoms with van der Waals surface area (Å²) in [5.74, 6) is -1.04. The molecule has 2 heterocycles. The zero-order valence-corrected chi connectivity index (χ0v) is 17.0. The lowest BCUT2D eigenvalue weighted by Crippen LogP contribution is -2.42. The summed E-state index contributed by atoms with van der Waals surface area (Å²) in [5, 5.41) is 0. The first-order valence-corrected chi connectivity index (χ1v) is 9.32. The van der Waals surface area contributed by atoms with Crippen LogP contribution < -0.4 is 5.73 Å². The maximum absolute atomic E-state index is 13.7. The maximum atomic E-state index is 13.7. The molecular weight excluding hydrogens is 417 g/mol. The summed E-state index contributed by atoms with van der Waals surface area (Å²) in [5.41, 5.74) is 6.99. The number of hydrogen-bond acceptors (Lipinski definition) is 3. The van der Waals surface area contributed by atoms with Crippen LogP contribution in [0.4, 0.5) is 9.18 Å². The molecule has 0 aliphatic carbocycles. The summed E-state index contributed by atoms with van der Waals surface area (Å²) < 4.78 is 21.7. The molecule has 144 valence electrons. The number of benzene rings is 1. The minimum atomic E-state index is -0.630. The molecule has 3 rings (SSSR count). The predicted molar refractivity (Wildman–Crippen MR) is 103 cm³/mol. The lowest BCUT2D eigenvalue weighted by molar-refractivity contribution is 0.0197. The molecule has 0 bridgehead atoms. The number of halogens is 2. The van der Waals surface area contributed by atoms with Crippen molar-refractivity contribution in [3.05, 3.63) is 45.9 Å². The summed E-state index contributed by atoms with van der Waals surface area (Å²) in [4.78, 5) is 26.2. The number of fused-ring (bicyclic) bond motifs is 1. The highest BCUT2D eigenvalue weighted by Crippen LogP contribution is 2.38. The van der Waals surface area contributed by atoms with Gasteiger partial charge in [0.1, 0.15) is 11.4 Å². The van der Waals surface area contributed by atoms with Gasteiger partial charge in [-0.3, -0.25) is 4.79 Å². The average molecular weight is 438 g/mol. The van der Waals surface area contributed by atoms with Gasteiger partial charge >= 0.3 is 6.09 Å². The summed E-state index contributed by atoms with van der Waals surface area (Å²) in [6.45, 7) is 6.46. The van der Waals surface area contributed by atoms with E-state index in [1.54, 1.807) is 32.9 Å². The highest BCUT2D eigenvalue weighted by molar-refractivity contribution is 9.10. The Hall–Kier alpha value is -2.35. The Labute approximate surface area is 165 Å². The second-order valence-corrected chi connectivity index (χ2v) is 8.17. The van der Waals surface area contributed by atoms with Gasteiger partial charge in [-0.25, -0.2) is 9.18 Å². The molecule has 27 heavy (non-hydrogen) atoms. The van der Waals surface area contributed by atoms with Crippen molar-refractivity contribution in [1.29, 1.82) is 0 Å². The summed E-state index contributed by atoms with van der Waals surface area (Å²) >= 11 is 3.52. The molecule has 2 amide bonds. The van der Waals surface area contributed by atoms with Crippen molar-refractivity contribution in [2.45, 2.75) is 39.5 Å². The van der Waals surface area contributed by atoms with E-state index >= 15 is 0 Å². The van der Waals surface area contributed by atoms with Crippen molar-refractivity contribution in [1.82, 2.24) is 9.47 Å². The van der Waals surface area contributed by atoms with E-state index in [1.165, 1.54) is 17.0 Å². The van der Waals surface area contributed by atoms with Crippen LogP contribution in [0.15, 0.2) is 28.9 Å². The molecule has 0 spiro atoms. The first kappa shape index (κ1) is 19.4. The number of hydrogen-bond donors (Lipinski definition) is 1. The molecule has 8 heteroatoms. The first-order chi connectivity index (χ1) is 12.6. The van der Waals surface area contributed by atoms with Gasteiger partial charge in [-0.1, -0.05) is 12.1 Å². The number of aromatic nitrogens is 1. The van der Waals surface area contributed by atoms with Crippen molar-refractivity contribution in [3.8, 4) is 11.1 Å². The number of ether oxygens (including phenoxy) is 1. The number of carbonyl (C=O) groups excluding carboxylic acids is 2. The van der Waals surface area contributed by atoms with Crippen LogP contribution in [0.1, 0.15) is 36.8 Å². The molecule has 0 radical (unpaired) electrons. The second-order valence-electron chi connectivity index (χ2n) is 7.42. The quantitative estimate of drug-likeness (QED) is 0.773. The molecule has 0 atom stereocenters. The lowest BCUT2D eigenvalue weighted by atomic mass is 10.0. The highest BCUT2D eigenvalue weighted by atomic mass is 79.9. The highest BCUT2D eigenvalue weighted by Gasteiger charge is 2.33. The number of carbonyl (C=O) groups is 2. The van der Waals surface area contributed by atoms with Crippen molar-refractivity contribution < 1.29 is 18.7 Å². The zero-order valence-electron chi connectivity index (χ0n) is 15.4. The van der Waals surface area contributed by atoms with Crippen LogP contribution in [-0.4, -0.2) is 33.6 Å². The number of nitrogens with zero attached hydrogens (tertiary/aromatic N) is 2. The Morgan fingerprint density at radius 2 is 1.96 bits per heavy atom. The van der Waals surface area contributed by atoms with Crippen LogP contribution >= 0.6 is 15.9 Å². The third-order valence-electron chi connectivity index (χ3n) is 4.25. The van der Waals surface area contributed by atoms with Crippen LogP contribution in [0.5, 0.6) is 0 Å². The van der Waals surface area contributed by atoms with E-state index in [9.17, 15) is 14.0 Å². The molecule has 0 saturated carbocycles. The monoisotopic (exact) mass is 437 g/mol. The van der Waals surface area contributed by atoms with Gasteiger partial charge < -0.3 is 19.9 Å². The Morgan fingerprint density at radius 3 is 2.56 bits per heavy atom. The number of rotatable bonds is 2. The Bertz CT molecular complexity index is 918. The normalized spacial score (nSPS) is 14.0. The molecule has 1 aromatic carbocycles. The molecule has 6 nitrogen and oxygen atoms in total. The molecular formula is C19H21BrFN3O3. The van der Waals surface area contributed by atoms with Gasteiger partial charge in [0, 0.05) is 18.7 Å². The van der Waals surface area contributed by atoms with Crippen molar-refractivity contribution in [2.75, 3.05) is 6.54 Å². The van der Waals surface area contributed by atoms with Crippen molar-refractivity contribution in [3.63, 3.8) is 0 Å². The Kier molecular flexibility index (Phi) is 5.03. The smallest absolute Gasteiger partial charge is 0.410 e. The van der Waals surface area contributed by atoms with E-state index in [1.807, 2.05) is 4.57 Å². The van der Waals surface area contributed by atoms with Crippen LogP contribution in [0.2, 0.25) is 0 Å². The molecule has 1 aromatic heterocycles. The van der Waals surface area contributed by atoms with Gasteiger partial charge in [-0.15, -0.1) is 0 Å². The van der Waals surface area contributed by atoms with Gasteiger partial charge in [-0.2, -0.15) is 0 Å². The molecule has 1 aliphatic heterocycles. The van der Waals surface area contributed by atoms with Gasteiger partial charge in [0.15, 0.2) is 0 Å². The van der Waals surface area contributed by atoms with E-state index in [0.717, 1.165) is 0 Å². The minimum Gasteiger partial charge on any atom is -0.444 e. The van der Waals surface area contributed by atoms with Crippen LogP contribution in [0.25, 0.3) is 11.1 Å². The average Bonchev–Trinajstić information content (AvgIpc) is 2.86. The van der Waals surface area contributed by atoms with Crippen LogP contribution in [-0.2, 0) is 17.8 Å². The summed E-state index contributed by atoms with van der Waals surface area (Å²) in [6, 6.07) is 5.98. The molecule has 1 aliphatic rings. The largest absolute Gasteiger partial charge is 0.444 e. The summed E-state index contributed by atoms with van der Waals surface area (Å²) in [6.07, 6.45) is -0.450.